The van der Waals surface area contributed by atoms with Crippen LogP contribution in [0.4, 0.5) is 0 Å². The highest BCUT2D eigenvalue weighted by Crippen LogP contribution is 2.76. The lowest BCUT2D eigenvalue weighted by Gasteiger charge is -2.73. The number of rotatable bonds is 4. The van der Waals surface area contributed by atoms with Gasteiger partial charge in [0.05, 0.1) is 18.4 Å². The van der Waals surface area contributed by atoms with Gasteiger partial charge < -0.3 is 34.1 Å². The van der Waals surface area contributed by atoms with Gasteiger partial charge >= 0.3 is 0 Å². The molecule has 12 rings (SSSR count). The third-order valence-corrected chi connectivity index (χ3v) is 15.4. The summed E-state index contributed by atoms with van der Waals surface area (Å²) < 4.78 is 24.7. The number of benzene rings is 2. The third kappa shape index (κ3) is 4.72. The van der Waals surface area contributed by atoms with Gasteiger partial charge in [-0.15, -0.1) is 0 Å². The lowest BCUT2D eigenvalue weighted by atomic mass is 9.34. The summed E-state index contributed by atoms with van der Waals surface area (Å²) in [5.74, 6) is 2.76. The van der Waals surface area contributed by atoms with Gasteiger partial charge in [-0.05, 0) is 127 Å². The van der Waals surface area contributed by atoms with E-state index in [0.717, 1.165) is 63.8 Å². The van der Waals surface area contributed by atoms with Crippen molar-refractivity contribution in [2.45, 2.75) is 113 Å². The molecule has 3 spiro atoms. The lowest BCUT2D eigenvalue weighted by Crippen LogP contribution is -2.81. The topological polar surface area (TPSA) is 118 Å². The Balaban J connectivity index is 0.000000138. The maximum absolute atomic E-state index is 12.8. The number of likely N-dealkylation sites (tertiary alicyclic amines) is 2. The largest absolute Gasteiger partial charge is 0.504 e. The fourth-order valence-corrected chi connectivity index (χ4v) is 13.1. The number of Topliss-reactive ketones (excluding diaryl/α,β-unsaturated/α-hetero) is 1. The molecule has 56 heavy (non-hydrogen) atoms. The van der Waals surface area contributed by atoms with E-state index in [2.05, 4.69) is 48.7 Å². The van der Waals surface area contributed by atoms with E-state index in [9.17, 15) is 19.8 Å². The van der Waals surface area contributed by atoms with Gasteiger partial charge in [-0.3, -0.25) is 14.5 Å². The zero-order valence-electron chi connectivity index (χ0n) is 34.2. The van der Waals surface area contributed by atoms with Crippen LogP contribution in [0.1, 0.15) is 82.1 Å². The number of fused-ring (bicyclic) bond motifs is 2. The second-order valence-corrected chi connectivity index (χ2v) is 17.1. The first kappa shape index (κ1) is 38.7. The van der Waals surface area contributed by atoms with Crippen LogP contribution in [0.25, 0.3) is 0 Å². The smallest absolute Gasteiger partial charge is 0.169 e. The molecule has 6 bridgehead atoms. The zero-order valence-corrected chi connectivity index (χ0v) is 34.2. The number of nitrogens with zero attached hydrogens (tertiary/aromatic N) is 2. The SMILES string of the molecule is C=CC(C)=O.CC.COC1=CC=C2C3Cc4ccc(O)c5c4C2(CCN3C)C1O5.CO[C@]12CC[C@@]3(C[C@@H]1C(C)=O)C1Cc4ccc(O)c5c4C3(CCN1C)C2O5. The average Bonchev–Trinajstić information content (AvgIpc) is 3.76. The fraction of sp³-hybridized carbons (Fsp3) is 0.565. The molecule has 9 atom stereocenters. The van der Waals surface area contributed by atoms with Gasteiger partial charge in [0.15, 0.2) is 34.9 Å². The highest BCUT2D eigenvalue weighted by Gasteiger charge is 2.81. The molecule has 4 aliphatic heterocycles. The number of methoxy groups -OCH3 is 2. The Morgan fingerprint density at radius 2 is 1.52 bits per heavy atom. The molecule has 0 amide bonds. The number of phenolic OH excluding ortho intramolecular Hbond substituents is 2. The molecule has 0 aromatic heterocycles. The standard InChI is InChI=1S/C22H27NO4.C18H19NO3.C4H6O.C2H6/c1-12(24)14-11-20-6-7-22(14,26-3)19-21(20)8-9-23(2)16(20)10-13-4-5-15(25)18(27-19)17(13)21;1-19-8-7-18-11-4-6-14(21-2)17(18)22-16-13(20)5-3-10(15(16)18)9-12(11)19;1-3-4(2)5;1-2/h4-5,14,16,19,25H,6-11H2,1-3H3;3-6,12,17,20H,7-9H2,1-2H3;3H,1H2,2H3;1-2H3/t14-,16?,19?,20-,21?,22-;;;/m1.../s1. The van der Waals surface area contributed by atoms with Gasteiger partial charge in [0, 0.05) is 41.2 Å². The second-order valence-electron chi connectivity index (χ2n) is 17.1. The van der Waals surface area contributed by atoms with Crippen molar-refractivity contribution in [3.63, 3.8) is 0 Å². The summed E-state index contributed by atoms with van der Waals surface area (Å²) in [7, 11) is 7.88. The highest BCUT2D eigenvalue weighted by molar-refractivity contribution is 5.86. The van der Waals surface area contributed by atoms with Gasteiger partial charge in [0.25, 0.3) is 0 Å². The summed E-state index contributed by atoms with van der Waals surface area (Å²) in [5.41, 5.74) is 5.61. The van der Waals surface area contributed by atoms with E-state index >= 15 is 0 Å². The van der Waals surface area contributed by atoms with Crippen LogP contribution in [0.15, 0.2) is 60.4 Å². The van der Waals surface area contributed by atoms with Crippen LogP contribution in [0.3, 0.4) is 0 Å². The number of hydrogen-bond donors (Lipinski definition) is 2. The van der Waals surface area contributed by atoms with E-state index in [4.69, 9.17) is 18.9 Å². The predicted molar refractivity (Wildman–Crippen MR) is 213 cm³/mol. The molecule has 0 radical (unpaired) electrons. The average molecular weight is 767 g/mol. The molecule has 10 aliphatic rings. The molecule has 6 unspecified atom stereocenters. The Bertz CT molecular complexity index is 2060. The van der Waals surface area contributed by atoms with Crippen molar-refractivity contribution in [1.82, 2.24) is 9.80 Å². The van der Waals surface area contributed by atoms with Crippen molar-refractivity contribution in [2.24, 2.45) is 11.3 Å². The summed E-state index contributed by atoms with van der Waals surface area (Å²) >= 11 is 0. The van der Waals surface area contributed by atoms with E-state index < -0.39 is 5.60 Å². The van der Waals surface area contributed by atoms with Crippen LogP contribution < -0.4 is 9.47 Å². The Morgan fingerprint density at radius 3 is 2.14 bits per heavy atom. The molecule has 10 heteroatoms. The van der Waals surface area contributed by atoms with Crippen molar-refractivity contribution >= 4 is 11.6 Å². The van der Waals surface area contributed by atoms with Crippen LogP contribution in [0.5, 0.6) is 23.0 Å². The van der Waals surface area contributed by atoms with E-state index in [1.165, 1.54) is 40.8 Å². The number of allylic oxidation sites excluding steroid dienone is 3. The summed E-state index contributed by atoms with van der Waals surface area (Å²) in [6.07, 6.45) is 12.0. The third-order valence-electron chi connectivity index (χ3n) is 15.4. The number of ether oxygens (including phenoxy) is 4. The number of piperidine rings is 2. The Morgan fingerprint density at radius 1 is 0.875 bits per heavy atom. The number of aromatic hydroxyl groups is 2. The molecular formula is C46H58N2O8. The van der Waals surface area contributed by atoms with Crippen LogP contribution in [0.2, 0.25) is 0 Å². The molecule has 300 valence electrons. The highest BCUT2D eigenvalue weighted by atomic mass is 16.6. The van der Waals surface area contributed by atoms with Crippen LogP contribution in [0, 0.1) is 11.3 Å². The maximum atomic E-state index is 12.8. The van der Waals surface area contributed by atoms with Gasteiger partial charge in [-0.1, -0.05) is 38.6 Å². The van der Waals surface area contributed by atoms with E-state index in [-0.39, 0.29) is 57.4 Å². The van der Waals surface area contributed by atoms with Gasteiger partial charge in [0.2, 0.25) is 0 Å². The first-order valence-corrected chi connectivity index (χ1v) is 20.4. The minimum atomic E-state index is -0.589. The Labute approximate surface area is 331 Å². The van der Waals surface area contributed by atoms with Crippen molar-refractivity contribution < 1.29 is 38.7 Å². The predicted octanol–water partition coefficient (Wildman–Crippen LogP) is 6.33. The Kier molecular flexibility index (Phi) is 9.33. The molecular weight excluding hydrogens is 709 g/mol. The van der Waals surface area contributed by atoms with Crippen LogP contribution in [-0.4, -0.2) is 103 Å². The minimum absolute atomic E-state index is 0.0185. The van der Waals surface area contributed by atoms with Crippen LogP contribution >= 0.6 is 0 Å². The number of likely N-dealkylation sites (N-methyl/N-ethyl adjacent to an activating group) is 2. The zero-order chi connectivity index (χ0) is 40.1. The normalized spacial score (nSPS) is 36.5. The minimum Gasteiger partial charge on any atom is -0.504 e. The second kappa shape index (κ2) is 13.5. The fourth-order valence-electron chi connectivity index (χ4n) is 13.1. The lowest BCUT2D eigenvalue weighted by molar-refractivity contribution is -0.270. The Hall–Kier alpha value is -4.12. The van der Waals surface area contributed by atoms with E-state index in [1.54, 1.807) is 33.3 Å². The summed E-state index contributed by atoms with van der Waals surface area (Å²) in [5, 5.41) is 20.9. The molecule has 2 N–H and O–H groups in total. The molecule has 2 saturated heterocycles. The number of phenols is 2. The molecule has 2 aromatic carbocycles. The molecule has 3 saturated carbocycles. The van der Waals surface area contributed by atoms with Gasteiger partial charge in [-0.2, -0.15) is 0 Å². The van der Waals surface area contributed by atoms with Gasteiger partial charge in [-0.25, -0.2) is 0 Å². The first-order chi connectivity index (χ1) is 26.8. The monoisotopic (exact) mass is 766 g/mol. The number of carbonyl (C=O) groups is 2. The molecule has 4 heterocycles. The van der Waals surface area contributed by atoms with E-state index in [1.807, 2.05) is 19.9 Å². The van der Waals surface area contributed by atoms with Crippen molar-refractivity contribution in [1.29, 1.82) is 0 Å². The molecule has 10 nitrogen and oxygen atoms in total. The summed E-state index contributed by atoms with van der Waals surface area (Å²) in [6.45, 7) is 12.4. The van der Waals surface area contributed by atoms with Crippen LogP contribution in [-0.2, 0) is 42.7 Å². The maximum Gasteiger partial charge on any atom is 0.169 e. The molecule has 6 aliphatic carbocycles. The first-order valence-electron chi connectivity index (χ1n) is 20.4. The summed E-state index contributed by atoms with van der Waals surface area (Å²) in [4.78, 5) is 27.4. The van der Waals surface area contributed by atoms with Crippen molar-refractivity contribution in [3.05, 3.63) is 82.7 Å². The molecule has 5 fully saturated rings. The number of hydrogen-bond acceptors (Lipinski definition) is 10. The quantitative estimate of drug-likeness (QED) is 0.342. The van der Waals surface area contributed by atoms with Crippen molar-refractivity contribution in [2.75, 3.05) is 41.4 Å². The summed E-state index contributed by atoms with van der Waals surface area (Å²) in [6, 6.07) is 8.53. The number of carbonyl (C=O) groups excluding carboxylic acids is 2. The van der Waals surface area contributed by atoms with Crippen molar-refractivity contribution in [3.8, 4) is 23.0 Å². The number of ketones is 2. The van der Waals surface area contributed by atoms with E-state index in [0.29, 0.717) is 23.6 Å². The molecule has 2 aromatic rings. The van der Waals surface area contributed by atoms with Gasteiger partial charge in [0.1, 0.15) is 23.2 Å².